The van der Waals surface area contributed by atoms with Crippen molar-refractivity contribution >= 4 is 33.2 Å². The Morgan fingerprint density at radius 2 is 1.83 bits per heavy atom. The summed E-state index contributed by atoms with van der Waals surface area (Å²) >= 11 is 6.11. The zero-order valence-corrected chi connectivity index (χ0v) is 15.6. The van der Waals surface area contributed by atoms with Crippen molar-refractivity contribution in [3.63, 3.8) is 0 Å². The maximum absolute atomic E-state index is 12.2. The van der Waals surface area contributed by atoms with Gasteiger partial charge in [-0.2, -0.15) is 0 Å². The number of hydrogen-bond donors (Lipinski definition) is 1. The first-order valence-corrected chi connectivity index (χ1v) is 10.6. The zero-order chi connectivity index (χ0) is 17.6. The van der Waals surface area contributed by atoms with E-state index in [9.17, 15) is 13.2 Å². The third-order valence-corrected chi connectivity index (χ3v) is 5.78. The minimum Gasteiger partial charge on any atom is -0.353 e. The van der Waals surface area contributed by atoms with E-state index < -0.39 is 10.0 Å². The largest absolute Gasteiger partial charge is 0.353 e. The van der Waals surface area contributed by atoms with Crippen molar-refractivity contribution in [2.75, 3.05) is 17.1 Å². The van der Waals surface area contributed by atoms with Gasteiger partial charge in [0, 0.05) is 19.0 Å². The Hall–Kier alpha value is -1.27. The molecule has 0 saturated heterocycles. The third kappa shape index (κ3) is 5.67. The Morgan fingerprint density at radius 3 is 2.42 bits per heavy atom. The summed E-state index contributed by atoms with van der Waals surface area (Å²) in [6.45, 7) is 0.0844. The van der Waals surface area contributed by atoms with Crippen LogP contribution in [0.5, 0.6) is 0 Å². The van der Waals surface area contributed by atoms with Gasteiger partial charge in [0.05, 0.1) is 17.0 Å². The number of nitrogens with zero attached hydrogens (tertiary/aromatic N) is 1. The van der Waals surface area contributed by atoms with Crippen LogP contribution >= 0.6 is 11.6 Å². The normalized spacial score (nSPS) is 16.4. The number of sulfonamides is 1. The van der Waals surface area contributed by atoms with E-state index in [1.165, 1.54) is 17.1 Å². The van der Waals surface area contributed by atoms with Crippen molar-refractivity contribution in [2.45, 2.75) is 51.0 Å². The molecule has 0 spiro atoms. The maximum Gasteiger partial charge on any atom is 0.232 e. The molecule has 1 aromatic rings. The summed E-state index contributed by atoms with van der Waals surface area (Å²) in [5, 5.41) is 3.39. The Labute approximate surface area is 149 Å². The van der Waals surface area contributed by atoms with Gasteiger partial charge >= 0.3 is 0 Å². The van der Waals surface area contributed by atoms with E-state index in [1.807, 2.05) is 0 Å². The molecule has 1 aliphatic rings. The molecular weight excluding hydrogens is 348 g/mol. The lowest BCUT2D eigenvalue weighted by atomic mass is 10.1. The first kappa shape index (κ1) is 19.1. The van der Waals surface area contributed by atoms with Crippen LogP contribution in [0.2, 0.25) is 5.02 Å². The highest BCUT2D eigenvalue weighted by Crippen LogP contribution is 2.27. The lowest BCUT2D eigenvalue weighted by molar-refractivity contribution is -0.121. The molecule has 0 unspecified atom stereocenters. The van der Waals surface area contributed by atoms with E-state index >= 15 is 0 Å². The second kappa shape index (κ2) is 8.72. The molecule has 7 heteroatoms. The van der Waals surface area contributed by atoms with Gasteiger partial charge in [-0.15, -0.1) is 0 Å². The summed E-state index contributed by atoms with van der Waals surface area (Å²) in [5.74, 6) is -0.109. The number of carbonyl (C=O) groups excluding carboxylic acids is 1. The Balaban J connectivity index is 1.98. The predicted octanol–water partition coefficient (Wildman–Crippen LogP) is 3.34. The minimum atomic E-state index is -3.51. The summed E-state index contributed by atoms with van der Waals surface area (Å²) in [6.07, 6.45) is 7.98. The van der Waals surface area contributed by atoms with E-state index in [2.05, 4.69) is 5.32 Å². The fourth-order valence-corrected chi connectivity index (χ4v) is 4.27. The van der Waals surface area contributed by atoms with Crippen LogP contribution < -0.4 is 9.62 Å². The van der Waals surface area contributed by atoms with E-state index in [4.69, 9.17) is 11.6 Å². The number of nitrogens with one attached hydrogen (secondary N) is 1. The molecule has 0 aliphatic heterocycles. The number of halogens is 1. The molecule has 1 amide bonds. The molecule has 0 heterocycles. The SMILES string of the molecule is CS(=O)(=O)N(CCC(=O)NC1CCCCCC1)c1ccccc1Cl. The quantitative estimate of drug-likeness (QED) is 0.779. The van der Waals surface area contributed by atoms with Crippen molar-refractivity contribution in [1.29, 1.82) is 0 Å². The summed E-state index contributed by atoms with van der Waals surface area (Å²) < 4.78 is 25.3. The number of para-hydroxylation sites is 1. The number of carbonyl (C=O) groups is 1. The molecule has 24 heavy (non-hydrogen) atoms. The van der Waals surface area contributed by atoms with Gasteiger partial charge in [0.15, 0.2) is 0 Å². The maximum atomic E-state index is 12.2. The number of anilines is 1. The summed E-state index contributed by atoms with van der Waals surface area (Å²) in [7, 11) is -3.51. The van der Waals surface area contributed by atoms with Gasteiger partial charge in [0.2, 0.25) is 15.9 Å². The minimum absolute atomic E-state index is 0.0844. The summed E-state index contributed by atoms with van der Waals surface area (Å²) in [4.78, 5) is 12.2. The first-order valence-electron chi connectivity index (χ1n) is 8.39. The Kier molecular flexibility index (Phi) is 6.92. The van der Waals surface area contributed by atoms with Gasteiger partial charge in [0.1, 0.15) is 0 Å². The smallest absolute Gasteiger partial charge is 0.232 e. The first-order chi connectivity index (χ1) is 11.4. The van der Waals surface area contributed by atoms with Crippen molar-refractivity contribution in [3.05, 3.63) is 29.3 Å². The van der Waals surface area contributed by atoms with Gasteiger partial charge in [-0.3, -0.25) is 9.10 Å². The number of rotatable bonds is 6. The van der Waals surface area contributed by atoms with Crippen LogP contribution in [0.1, 0.15) is 44.9 Å². The number of hydrogen-bond acceptors (Lipinski definition) is 3. The Bertz CT molecular complexity index is 656. The lowest BCUT2D eigenvalue weighted by Crippen LogP contribution is -2.38. The van der Waals surface area contributed by atoms with E-state index in [1.54, 1.807) is 24.3 Å². The molecule has 5 nitrogen and oxygen atoms in total. The molecule has 1 N–H and O–H groups in total. The van der Waals surface area contributed by atoms with Crippen LogP contribution in [-0.2, 0) is 14.8 Å². The monoisotopic (exact) mass is 372 g/mol. The number of amides is 1. The van der Waals surface area contributed by atoms with Crippen molar-refractivity contribution in [1.82, 2.24) is 5.32 Å². The highest BCUT2D eigenvalue weighted by molar-refractivity contribution is 7.92. The van der Waals surface area contributed by atoms with Gasteiger partial charge in [0.25, 0.3) is 0 Å². The van der Waals surface area contributed by atoms with E-state index in [0.29, 0.717) is 10.7 Å². The highest BCUT2D eigenvalue weighted by Gasteiger charge is 2.21. The second-order valence-electron chi connectivity index (χ2n) is 6.29. The molecule has 134 valence electrons. The van der Waals surface area contributed by atoms with Crippen molar-refractivity contribution < 1.29 is 13.2 Å². The fraction of sp³-hybridized carbons (Fsp3) is 0.588. The molecule has 1 aliphatic carbocycles. The van der Waals surface area contributed by atoms with Gasteiger partial charge < -0.3 is 5.32 Å². The Morgan fingerprint density at radius 1 is 1.21 bits per heavy atom. The third-order valence-electron chi connectivity index (χ3n) is 4.28. The average molecular weight is 373 g/mol. The molecule has 0 radical (unpaired) electrons. The standard InChI is InChI=1S/C17H25ClN2O3S/c1-24(22,23)20(16-11-7-6-10-15(16)18)13-12-17(21)19-14-8-4-2-3-5-9-14/h6-7,10-11,14H,2-5,8-9,12-13H2,1H3,(H,19,21). The molecule has 2 rings (SSSR count). The van der Waals surface area contributed by atoms with Crippen molar-refractivity contribution in [3.8, 4) is 0 Å². The van der Waals surface area contributed by atoms with Crippen LogP contribution in [0.15, 0.2) is 24.3 Å². The topological polar surface area (TPSA) is 66.5 Å². The average Bonchev–Trinajstić information content (AvgIpc) is 2.76. The van der Waals surface area contributed by atoms with Crippen LogP contribution in [0.3, 0.4) is 0 Å². The van der Waals surface area contributed by atoms with Gasteiger partial charge in [-0.1, -0.05) is 49.4 Å². The van der Waals surface area contributed by atoms with Gasteiger partial charge in [-0.25, -0.2) is 8.42 Å². The van der Waals surface area contributed by atoms with Crippen LogP contribution in [0.4, 0.5) is 5.69 Å². The summed E-state index contributed by atoms with van der Waals surface area (Å²) in [6, 6.07) is 6.97. The molecule has 1 aromatic carbocycles. The molecule has 1 fully saturated rings. The lowest BCUT2D eigenvalue weighted by Gasteiger charge is -2.24. The molecule has 0 bridgehead atoms. The van der Waals surface area contributed by atoms with Crippen LogP contribution in [0.25, 0.3) is 0 Å². The molecule has 1 saturated carbocycles. The van der Waals surface area contributed by atoms with Gasteiger partial charge in [-0.05, 0) is 25.0 Å². The van der Waals surface area contributed by atoms with E-state index in [-0.39, 0.29) is 24.9 Å². The molecule has 0 aromatic heterocycles. The van der Waals surface area contributed by atoms with Crippen molar-refractivity contribution in [2.24, 2.45) is 0 Å². The fourth-order valence-electron chi connectivity index (χ4n) is 3.05. The summed E-state index contributed by atoms with van der Waals surface area (Å²) in [5.41, 5.74) is 0.406. The van der Waals surface area contributed by atoms with Crippen LogP contribution in [-0.4, -0.2) is 33.2 Å². The second-order valence-corrected chi connectivity index (χ2v) is 8.61. The zero-order valence-electron chi connectivity index (χ0n) is 14.0. The predicted molar refractivity (Wildman–Crippen MR) is 97.9 cm³/mol. The van der Waals surface area contributed by atoms with Crippen LogP contribution in [0, 0.1) is 0 Å². The molecular formula is C17H25ClN2O3S. The number of benzene rings is 1. The molecule has 0 atom stereocenters. The van der Waals surface area contributed by atoms with E-state index in [0.717, 1.165) is 31.9 Å². The highest BCUT2D eigenvalue weighted by atomic mass is 35.5.